The predicted molar refractivity (Wildman–Crippen MR) is 117 cm³/mol. The summed E-state index contributed by atoms with van der Waals surface area (Å²) in [5.41, 5.74) is 5.11. The van der Waals surface area contributed by atoms with Crippen molar-refractivity contribution in [3.05, 3.63) is 29.8 Å². The topological polar surface area (TPSA) is 80.1 Å². The maximum atomic E-state index is 12.7. The molecular weight excluding hydrogens is 419 g/mol. The Labute approximate surface area is 186 Å². The van der Waals surface area contributed by atoms with E-state index in [0.29, 0.717) is 17.1 Å². The van der Waals surface area contributed by atoms with E-state index in [1.165, 1.54) is 44.7 Å². The fraction of sp³-hybridized carbons (Fsp3) is 0.652. The normalized spacial score (nSPS) is 25.8. The van der Waals surface area contributed by atoms with Crippen molar-refractivity contribution < 1.29 is 17.9 Å². The Morgan fingerprint density at radius 2 is 1.84 bits per heavy atom. The van der Waals surface area contributed by atoms with Crippen LogP contribution in [0.25, 0.3) is 11.3 Å². The molecule has 2 aromatic heterocycles. The van der Waals surface area contributed by atoms with Crippen LogP contribution in [-0.4, -0.2) is 52.2 Å². The van der Waals surface area contributed by atoms with E-state index >= 15 is 0 Å². The first-order chi connectivity index (χ1) is 15.2. The molecule has 3 N–H and O–H groups in total. The molecule has 3 aliphatic rings. The van der Waals surface area contributed by atoms with Gasteiger partial charge in [-0.25, -0.2) is 9.97 Å². The average molecular weight is 452 g/mol. The minimum Gasteiger partial charge on any atom is -0.383 e. The fourth-order valence-electron chi connectivity index (χ4n) is 4.74. The van der Waals surface area contributed by atoms with Crippen LogP contribution in [0.1, 0.15) is 56.8 Å². The molecule has 32 heavy (non-hydrogen) atoms. The number of aromatic amines is 1. The summed E-state index contributed by atoms with van der Waals surface area (Å²) in [7, 11) is 0. The number of nitrogens with two attached hydrogens (primary N) is 1. The number of ether oxygens (including phenoxy) is 1. The Morgan fingerprint density at radius 3 is 2.50 bits per heavy atom. The average Bonchev–Trinajstić information content (AvgIpc) is 3.18. The van der Waals surface area contributed by atoms with Gasteiger partial charge in [-0.3, -0.25) is 4.90 Å². The monoisotopic (exact) mass is 451 g/mol. The van der Waals surface area contributed by atoms with Crippen molar-refractivity contribution in [3.63, 3.8) is 0 Å². The van der Waals surface area contributed by atoms with E-state index in [-0.39, 0.29) is 5.92 Å². The number of nitrogens with zero attached hydrogens (tertiary/aromatic N) is 3. The number of anilines is 1. The van der Waals surface area contributed by atoms with Crippen molar-refractivity contribution in [1.82, 2.24) is 19.9 Å². The summed E-state index contributed by atoms with van der Waals surface area (Å²) in [6.07, 6.45) is 4.03. The smallest absolute Gasteiger partial charge is 0.383 e. The molecule has 9 heteroatoms. The number of imidazole rings is 1. The van der Waals surface area contributed by atoms with E-state index in [2.05, 4.69) is 19.9 Å². The molecule has 1 saturated heterocycles. The third kappa shape index (κ3) is 5.43. The Hall–Kier alpha value is -2.13. The van der Waals surface area contributed by atoms with Crippen LogP contribution in [0, 0.1) is 11.8 Å². The van der Waals surface area contributed by atoms with Crippen LogP contribution < -0.4 is 5.73 Å². The first kappa shape index (κ1) is 23.0. The zero-order valence-corrected chi connectivity index (χ0v) is 18.7. The molecule has 2 aromatic rings. The summed E-state index contributed by atoms with van der Waals surface area (Å²) in [4.78, 5) is 13.3. The number of fused-ring (bicyclic) bond motifs is 1. The Bertz CT molecular complexity index is 895. The van der Waals surface area contributed by atoms with Crippen LogP contribution in [0.2, 0.25) is 0 Å². The number of aromatic nitrogens is 3. The quantitative estimate of drug-likeness (QED) is 0.707. The summed E-state index contributed by atoms with van der Waals surface area (Å²) >= 11 is 0. The molecule has 0 radical (unpaired) electrons. The van der Waals surface area contributed by atoms with Gasteiger partial charge >= 0.3 is 6.18 Å². The van der Waals surface area contributed by atoms with Gasteiger partial charge in [0.05, 0.1) is 24.1 Å². The van der Waals surface area contributed by atoms with Gasteiger partial charge in [0, 0.05) is 43.4 Å². The standard InChI is InChI=1S/C12H13F3N4.C11H19NO/c1-6(2)11-18-5-9(19-11)7-3-8(12(13,14)15)10(16)17-4-7;1-2-12(3-5-13-4-1)11-7-9-6-10(9)8-11/h3-6H,1-2H3,(H2,16,17)(H,18,19);9-11H,1-8H2. The van der Waals surface area contributed by atoms with Crippen molar-refractivity contribution >= 4 is 5.82 Å². The van der Waals surface area contributed by atoms with Gasteiger partial charge in [0.1, 0.15) is 11.6 Å². The molecular formula is C23H32F3N5O. The van der Waals surface area contributed by atoms with Crippen LogP contribution in [0.15, 0.2) is 18.5 Å². The van der Waals surface area contributed by atoms with E-state index in [1.807, 2.05) is 13.8 Å². The third-order valence-electron chi connectivity index (χ3n) is 6.67. The van der Waals surface area contributed by atoms with Crippen molar-refractivity contribution in [2.24, 2.45) is 11.8 Å². The highest BCUT2D eigenvalue weighted by molar-refractivity contribution is 5.61. The van der Waals surface area contributed by atoms with Gasteiger partial charge in [0.25, 0.3) is 0 Å². The van der Waals surface area contributed by atoms with Crippen LogP contribution in [0.5, 0.6) is 0 Å². The van der Waals surface area contributed by atoms with Gasteiger partial charge in [-0.05, 0) is 43.6 Å². The second kappa shape index (κ2) is 9.39. The highest BCUT2D eigenvalue weighted by Crippen LogP contribution is 2.53. The van der Waals surface area contributed by atoms with E-state index in [4.69, 9.17) is 10.5 Å². The molecule has 2 atom stereocenters. The summed E-state index contributed by atoms with van der Waals surface area (Å²) in [6, 6.07) is 1.89. The fourth-order valence-corrected chi connectivity index (χ4v) is 4.74. The number of alkyl halides is 3. The number of hydrogen-bond donors (Lipinski definition) is 2. The van der Waals surface area contributed by atoms with Crippen molar-refractivity contribution in [2.75, 3.05) is 32.0 Å². The first-order valence-electron chi connectivity index (χ1n) is 11.4. The number of nitrogens with one attached hydrogen (secondary N) is 1. The number of rotatable bonds is 3. The molecule has 5 rings (SSSR count). The lowest BCUT2D eigenvalue weighted by atomic mass is 10.1. The zero-order valence-electron chi connectivity index (χ0n) is 18.7. The molecule has 2 unspecified atom stereocenters. The number of pyridine rings is 1. The van der Waals surface area contributed by atoms with Crippen LogP contribution in [0.3, 0.4) is 0 Å². The second-order valence-electron chi connectivity index (χ2n) is 9.37. The van der Waals surface area contributed by atoms with Crippen molar-refractivity contribution in [2.45, 2.75) is 57.7 Å². The summed E-state index contributed by atoms with van der Waals surface area (Å²) in [5.74, 6) is 2.58. The Balaban J connectivity index is 0.000000163. The largest absolute Gasteiger partial charge is 0.419 e. The minimum atomic E-state index is -4.52. The molecule has 1 aliphatic heterocycles. The molecule has 2 aliphatic carbocycles. The molecule has 6 nitrogen and oxygen atoms in total. The molecule has 176 valence electrons. The van der Waals surface area contributed by atoms with Crippen molar-refractivity contribution in [3.8, 4) is 11.3 Å². The third-order valence-corrected chi connectivity index (χ3v) is 6.67. The molecule has 3 fully saturated rings. The highest BCUT2D eigenvalue weighted by atomic mass is 19.4. The number of hydrogen-bond acceptors (Lipinski definition) is 5. The van der Waals surface area contributed by atoms with Gasteiger partial charge in [0.15, 0.2) is 0 Å². The number of nitrogen functional groups attached to an aromatic ring is 1. The van der Waals surface area contributed by atoms with Gasteiger partial charge in [-0.2, -0.15) is 13.2 Å². The Morgan fingerprint density at radius 1 is 1.09 bits per heavy atom. The maximum absolute atomic E-state index is 12.7. The SMILES string of the molecule is C1COCCN(C2CC3CC3C2)C1.CC(C)c1ncc(-c2cnc(N)c(C(F)(F)F)c2)[nH]1. The van der Waals surface area contributed by atoms with Gasteiger partial charge in [-0.15, -0.1) is 0 Å². The zero-order chi connectivity index (χ0) is 22.9. The number of halogens is 3. The Kier molecular flexibility index (Phi) is 6.76. The lowest BCUT2D eigenvalue weighted by Gasteiger charge is -2.27. The summed E-state index contributed by atoms with van der Waals surface area (Å²) in [5, 5.41) is 0. The summed E-state index contributed by atoms with van der Waals surface area (Å²) in [6.45, 7) is 8.28. The van der Waals surface area contributed by atoms with Crippen LogP contribution in [-0.2, 0) is 10.9 Å². The first-order valence-corrected chi connectivity index (χ1v) is 11.4. The number of H-pyrrole nitrogens is 1. The molecule has 0 bridgehead atoms. The molecule has 0 amide bonds. The second-order valence-corrected chi connectivity index (χ2v) is 9.37. The molecule has 0 aromatic carbocycles. The van der Waals surface area contributed by atoms with Crippen molar-refractivity contribution in [1.29, 1.82) is 0 Å². The minimum absolute atomic E-state index is 0.164. The van der Waals surface area contributed by atoms with E-state index in [1.54, 1.807) is 6.42 Å². The van der Waals surface area contributed by atoms with Gasteiger partial charge in [0.2, 0.25) is 0 Å². The molecule has 3 heterocycles. The lowest BCUT2D eigenvalue weighted by Crippen LogP contribution is -2.36. The lowest BCUT2D eigenvalue weighted by molar-refractivity contribution is -0.137. The maximum Gasteiger partial charge on any atom is 0.419 e. The molecule has 0 spiro atoms. The van der Waals surface area contributed by atoms with Crippen LogP contribution >= 0.6 is 0 Å². The highest BCUT2D eigenvalue weighted by Gasteiger charge is 2.47. The van der Waals surface area contributed by atoms with E-state index < -0.39 is 17.6 Å². The molecule has 2 saturated carbocycles. The predicted octanol–water partition coefficient (Wildman–Crippen LogP) is 4.70. The van der Waals surface area contributed by atoms with Gasteiger partial charge < -0.3 is 15.5 Å². The van der Waals surface area contributed by atoms with E-state index in [9.17, 15) is 13.2 Å². The van der Waals surface area contributed by atoms with E-state index in [0.717, 1.165) is 37.2 Å². The summed E-state index contributed by atoms with van der Waals surface area (Å²) < 4.78 is 43.7. The van der Waals surface area contributed by atoms with Crippen LogP contribution in [0.4, 0.5) is 19.0 Å². The van der Waals surface area contributed by atoms with Gasteiger partial charge in [-0.1, -0.05) is 13.8 Å².